The molecule has 0 saturated carbocycles. The molecule has 1 N–H and O–H groups in total. The summed E-state index contributed by atoms with van der Waals surface area (Å²) in [5.74, 6) is 0. The summed E-state index contributed by atoms with van der Waals surface area (Å²) in [6, 6.07) is 1.70. The van der Waals surface area contributed by atoms with Gasteiger partial charge in [-0.15, -0.1) is 0 Å². The van der Waals surface area contributed by atoms with E-state index in [4.69, 9.17) is 23.2 Å². The molecule has 20 heavy (non-hydrogen) atoms. The van der Waals surface area contributed by atoms with Crippen molar-refractivity contribution in [2.75, 3.05) is 18.0 Å². The van der Waals surface area contributed by atoms with Crippen LogP contribution in [0.25, 0.3) is 11.0 Å². The fraction of sp³-hybridized carbons (Fsp3) is 0.500. The second kappa shape index (κ2) is 6.10. The normalized spacial score (nSPS) is 11.2. The van der Waals surface area contributed by atoms with Crippen LogP contribution in [0.4, 0.5) is 5.69 Å². The number of anilines is 1. The monoisotopic (exact) mass is 315 g/mol. The molecule has 6 heteroatoms. The van der Waals surface area contributed by atoms with E-state index >= 15 is 0 Å². The molecule has 0 radical (unpaired) electrons. The van der Waals surface area contributed by atoms with Crippen LogP contribution in [0, 0.1) is 0 Å². The Labute approximate surface area is 128 Å². The van der Waals surface area contributed by atoms with Gasteiger partial charge in [0.15, 0.2) is 0 Å². The number of H-pyrrole nitrogens is 1. The number of aromatic amines is 1. The number of aryl methyl sites for hydroxylation is 1. The second-order valence-electron chi connectivity index (χ2n) is 4.89. The molecule has 110 valence electrons. The maximum Gasteiger partial charge on any atom is 0.326 e. The molecule has 0 amide bonds. The van der Waals surface area contributed by atoms with Crippen molar-refractivity contribution in [1.82, 2.24) is 9.55 Å². The molecule has 0 aliphatic carbocycles. The molecule has 4 nitrogen and oxygen atoms in total. The molecule has 0 aliphatic heterocycles. The first-order chi connectivity index (χ1) is 9.51. The molecule has 1 aromatic carbocycles. The van der Waals surface area contributed by atoms with Crippen LogP contribution >= 0.6 is 23.2 Å². The number of halogens is 2. The lowest BCUT2D eigenvalue weighted by Crippen LogP contribution is -2.26. The minimum absolute atomic E-state index is 0.182. The minimum atomic E-state index is -0.182. The van der Waals surface area contributed by atoms with Crippen LogP contribution in [-0.4, -0.2) is 22.6 Å². The van der Waals surface area contributed by atoms with Gasteiger partial charge in [-0.3, -0.25) is 4.57 Å². The van der Waals surface area contributed by atoms with E-state index in [2.05, 4.69) is 23.7 Å². The fourth-order valence-electron chi connectivity index (χ4n) is 2.51. The third-order valence-corrected chi connectivity index (χ3v) is 3.94. The standard InChI is InChI=1S/C14H19Cl2N3O/c1-4-6-19(7-5-2)12-10(16)8-9(15)11-13(12)18(3)14(20)17-11/h8H,4-7H2,1-3H3,(H,17,20). The van der Waals surface area contributed by atoms with Crippen LogP contribution in [0.15, 0.2) is 10.9 Å². The SMILES string of the molecule is CCCN(CCC)c1c(Cl)cc(Cl)c2[nH]c(=O)n(C)c12. The number of imidazole rings is 1. The molecular formula is C14H19Cl2N3O. The van der Waals surface area contributed by atoms with Crippen LogP contribution in [0.5, 0.6) is 0 Å². The van der Waals surface area contributed by atoms with Crippen molar-refractivity contribution < 1.29 is 0 Å². The number of rotatable bonds is 5. The summed E-state index contributed by atoms with van der Waals surface area (Å²) in [5.41, 5.74) is 2.12. The maximum atomic E-state index is 11.9. The summed E-state index contributed by atoms with van der Waals surface area (Å²) in [6.45, 7) is 6.03. The molecule has 0 unspecified atom stereocenters. The fourth-order valence-corrected chi connectivity index (χ4v) is 3.13. The summed E-state index contributed by atoms with van der Waals surface area (Å²) in [5, 5.41) is 1.05. The molecular weight excluding hydrogens is 297 g/mol. The number of benzene rings is 1. The lowest BCUT2D eigenvalue weighted by atomic mass is 10.2. The molecule has 1 heterocycles. The van der Waals surface area contributed by atoms with Gasteiger partial charge in [-0.05, 0) is 18.9 Å². The third-order valence-electron chi connectivity index (χ3n) is 3.35. The van der Waals surface area contributed by atoms with Gasteiger partial charge in [0.05, 0.1) is 26.8 Å². The molecule has 0 atom stereocenters. The van der Waals surface area contributed by atoms with E-state index in [1.807, 2.05) is 0 Å². The van der Waals surface area contributed by atoms with E-state index in [1.54, 1.807) is 17.7 Å². The summed E-state index contributed by atoms with van der Waals surface area (Å²) in [6.07, 6.45) is 2.03. The topological polar surface area (TPSA) is 41.0 Å². The average Bonchev–Trinajstić information content (AvgIpc) is 2.68. The number of hydrogen-bond donors (Lipinski definition) is 1. The Bertz CT molecular complexity index is 669. The molecule has 2 rings (SSSR count). The Morgan fingerprint density at radius 1 is 1.20 bits per heavy atom. The highest BCUT2D eigenvalue weighted by Crippen LogP contribution is 2.37. The first kappa shape index (κ1) is 15.3. The van der Waals surface area contributed by atoms with Crippen LogP contribution in [-0.2, 0) is 7.05 Å². The van der Waals surface area contributed by atoms with E-state index in [9.17, 15) is 4.79 Å². The van der Waals surface area contributed by atoms with Crippen LogP contribution in [0.2, 0.25) is 10.0 Å². The molecule has 0 fully saturated rings. The van der Waals surface area contributed by atoms with Gasteiger partial charge in [0.1, 0.15) is 0 Å². The Kier molecular flexibility index (Phi) is 4.66. The number of fused-ring (bicyclic) bond motifs is 1. The van der Waals surface area contributed by atoms with E-state index in [-0.39, 0.29) is 5.69 Å². The van der Waals surface area contributed by atoms with Crippen molar-refractivity contribution in [2.24, 2.45) is 7.05 Å². The Balaban J connectivity index is 2.76. The first-order valence-electron chi connectivity index (χ1n) is 6.82. The van der Waals surface area contributed by atoms with Crippen molar-refractivity contribution >= 4 is 39.9 Å². The number of nitrogens with zero attached hydrogens (tertiary/aromatic N) is 2. The Hall–Kier alpha value is -1.13. The highest BCUT2D eigenvalue weighted by atomic mass is 35.5. The quantitative estimate of drug-likeness (QED) is 0.911. The zero-order chi connectivity index (χ0) is 14.9. The number of hydrogen-bond acceptors (Lipinski definition) is 2. The Morgan fingerprint density at radius 2 is 1.80 bits per heavy atom. The predicted octanol–water partition coefficient (Wildman–Crippen LogP) is 3.80. The number of aromatic nitrogens is 2. The molecule has 2 aromatic rings. The van der Waals surface area contributed by atoms with Crippen molar-refractivity contribution in [3.63, 3.8) is 0 Å². The van der Waals surface area contributed by atoms with Gasteiger partial charge in [0.25, 0.3) is 0 Å². The van der Waals surface area contributed by atoms with Gasteiger partial charge in [-0.2, -0.15) is 0 Å². The van der Waals surface area contributed by atoms with Crippen molar-refractivity contribution in [3.8, 4) is 0 Å². The largest absolute Gasteiger partial charge is 0.369 e. The van der Waals surface area contributed by atoms with Gasteiger partial charge < -0.3 is 9.88 Å². The molecule has 1 aromatic heterocycles. The van der Waals surface area contributed by atoms with Gasteiger partial charge in [0, 0.05) is 20.1 Å². The summed E-state index contributed by atoms with van der Waals surface area (Å²) in [4.78, 5) is 16.9. The maximum absolute atomic E-state index is 11.9. The van der Waals surface area contributed by atoms with E-state index in [0.717, 1.165) is 37.1 Å². The summed E-state index contributed by atoms with van der Waals surface area (Å²) in [7, 11) is 1.73. The predicted molar refractivity (Wildman–Crippen MR) is 86.4 cm³/mol. The highest BCUT2D eigenvalue weighted by Gasteiger charge is 2.19. The van der Waals surface area contributed by atoms with E-state index in [0.29, 0.717) is 15.6 Å². The van der Waals surface area contributed by atoms with Gasteiger partial charge in [-0.1, -0.05) is 37.0 Å². The smallest absolute Gasteiger partial charge is 0.326 e. The second-order valence-corrected chi connectivity index (χ2v) is 5.70. The Morgan fingerprint density at radius 3 is 2.35 bits per heavy atom. The van der Waals surface area contributed by atoms with E-state index in [1.165, 1.54) is 0 Å². The zero-order valence-electron chi connectivity index (χ0n) is 12.0. The number of nitrogens with one attached hydrogen (secondary N) is 1. The van der Waals surface area contributed by atoms with Crippen LogP contribution in [0.3, 0.4) is 0 Å². The van der Waals surface area contributed by atoms with Crippen LogP contribution < -0.4 is 10.6 Å². The summed E-state index contributed by atoms with van der Waals surface area (Å²) < 4.78 is 1.57. The molecule has 0 aliphatic rings. The molecule has 0 spiro atoms. The summed E-state index contributed by atoms with van der Waals surface area (Å²) >= 11 is 12.6. The molecule has 0 saturated heterocycles. The van der Waals surface area contributed by atoms with Gasteiger partial charge in [0.2, 0.25) is 0 Å². The minimum Gasteiger partial charge on any atom is -0.369 e. The van der Waals surface area contributed by atoms with Crippen molar-refractivity contribution in [1.29, 1.82) is 0 Å². The average molecular weight is 316 g/mol. The molecule has 0 bridgehead atoms. The lowest BCUT2D eigenvalue weighted by Gasteiger charge is -2.26. The van der Waals surface area contributed by atoms with Gasteiger partial charge >= 0.3 is 5.69 Å². The zero-order valence-corrected chi connectivity index (χ0v) is 13.5. The van der Waals surface area contributed by atoms with Crippen molar-refractivity contribution in [2.45, 2.75) is 26.7 Å². The first-order valence-corrected chi connectivity index (χ1v) is 7.58. The lowest BCUT2D eigenvalue weighted by molar-refractivity contribution is 0.744. The van der Waals surface area contributed by atoms with Gasteiger partial charge in [-0.25, -0.2) is 4.79 Å². The van der Waals surface area contributed by atoms with Crippen molar-refractivity contribution in [3.05, 3.63) is 26.6 Å². The third kappa shape index (κ3) is 2.54. The highest BCUT2D eigenvalue weighted by molar-refractivity contribution is 6.40. The van der Waals surface area contributed by atoms with E-state index < -0.39 is 0 Å². The van der Waals surface area contributed by atoms with Crippen LogP contribution in [0.1, 0.15) is 26.7 Å².